The third-order valence-corrected chi connectivity index (χ3v) is 5.15. The second kappa shape index (κ2) is 5.92. The fourth-order valence-electron chi connectivity index (χ4n) is 2.21. The molecular weight excluding hydrogens is 280 g/mol. The third-order valence-electron chi connectivity index (χ3n) is 3.54. The Morgan fingerprint density at radius 3 is 2.65 bits per heavy atom. The lowest BCUT2D eigenvalue weighted by Gasteiger charge is -2.26. The number of hydrogen-bond acceptors (Lipinski definition) is 5. The smallest absolute Gasteiger partial charge is 0.257 e. The highest BCUT2D eigenvalue weighted by atomic mass is 32.2. The zero-order valence-electron chi connectivity index (χ0n) is 11.6. The topological polar surface area (TPSA) is 98.3 Å². The van der Waals surface area contributed by atoms with Crippen LogP contribution in [0.25, 0.3) is 0 Å². The van der Waals surface area contributed by atoms with Crippen molar-refractivity contribution in [2.24, 2.45) is 5.73 Å². The fourth-order valence-corrected chi connectivity index (χ4v) is 3.41. The molecule has 0 unspecified atom stereocenters. The van der Waals surface area contributed by atoms with Crippen LogP contribution >= 0.6 is 0 Å². The number of aryl methyl sites for hydroxylation is 1. The molecule has 0 saturated carbocycles. The molecule has 0 aliphatic carbocycles. The SMILES string of the molecule is Cc1c(C(=O)N2CCS(=O)(=O)CC2)cnn1CCCN. The van der Waals surface area contributed by atoms with Gasteiger partial charge in [-0.05, 0) is 19.9 Å². The van der Waals surface area contributed by atoms with Gasteiger partial charge in [-0.3, -0.25) is 9.48 Å². The van der Waals surface area contributed by atoms with Crippen LogP contribution in [0.1, 0.15) is 22.5 Å². The van der Waals surface area contributed by atoms with E-state index in [1.54, 1.807) is 15.8 Å². The van der Waals surface area contributed by atoms with Gasteiger partial charge in [-0.25, -0.2) is 8.42 Å². The van der Waals surface area contributed by atoms with Crippen LogP contribution in [0.5, 0.6) is 0 Å². The van der Waals surface area contributed by atoms with Gasteiger partial charge in [0.15, 0.2) is 9.84 Å². The van der Waals surface area contributed by atoms with Gasteiger partial charge in [0.2, 0.25) is 0 Å². The van der Waals surface area contributed by atoms with E-state index in [4.69, 9.17) is 5.73 Å². The van der Waals surface area contributed by atoms with E-state index >= 15 is 0 Å². The lowest BCUT2D eigenvalue weighted by molar-refractivity contribution is 0.0769. The van der Waals surface area contributed by atoms with Crippen LogP contribution in [0.4, 0.5) is 0 Å². The highest BCUT2D eigenvalue weighted by Gasteiger charge is 2.27. The van der Waals surface area contributed by atoms with E-state index in [9.17, 15) is 13.2 Å². The predicted octanol–water partition coefficient (Wildman–Crippen LogP) is -0.589. The molecule has 0 spiro atoms. The molecule has 20 heavy (non-hydrogen) atoms. The van der Waals surface area contributed by atoms with E-state index in [1.807, 2.05) is 6.92 Å². The maximum atomic E-state index is 12.4. The minimum absolute atomic E-state index is 0.0408. The summed E-state index contributed by atoms with van der Waals surface area (Å²) in [7, 11) is -2.98. The number of hydrogen-bond donors (Lipinski definition) is 1. The van der Waals surface area contributed by atoms with Gasteiger partial charge in [0, 0.05) is 25.3 Å². The van der Waals surface area contributed by atoms with E-state index in [-0.39, 0.29) is 30.5 Å². The summed E-state index contributed by atoms with van der Waals surface area (Å²) >= 11 is 0. The summed E-state index contributed by atoms with van der Waals surface area (Å²) in [5, 5.41) is 4.19. The molecule has 0 radical (unpaired) electrons. The highest BCUT2D eigenvalue weighted by molar-refractivity contribution is 7.91. The molecule has 2 heterocycles. The van der Waals surface area contributed by atoms with Crippen LogP contribution in [0.3, 0.4) is 0 Å². The predicted molar refractivity (Wildman–Crippen MR) is 75.2 cm³/mol. The van der Waals surface area contributed by atoms with Crippen LogP contribution < -0.4 is 5.73 Å². The molecular formula is C12H20N4O3S. The molecule has 1 fully saturated rings. The average Bonchev–Trinajstić information content (AvgIpc) is 2.77. The zero-order chi connectivity index (χ0) is 14.8. The van der Waals surface area contributed by atoms with Gasteiger partial charge in [0.25, 0.3) is 5.91 Å². The van der Waals surface area contributed by atoms with Gasteiger partial charge in [-0.2, -0.15) is 5.10 Å². The maximum absolute atomic E-state index is 12.4. The van der Waals surface area contributed by atoms with E-state index in [0.29, 0.717) is 18.7 Å². The number of carbonyl (C=O) groups excluding carboxylic acids is 1. The normalized spacial score (nSPS) is 18.2. The Labute approximate surface area is 118 Å². The summed E-state index contributed by atoms with van der Waals surface area (Å²) in [5.74, 6) is -0.0607. The molecule has 2 N–H and O–H groups in total. The zero-order valence-corrected chi connectivity index (χ0v) is 12.4. The van der Waals surface area contributed by atoms with E-state index < -0.39 is 9.84 Å². The minimum Gasteiger partial charge on any atom is -0.337 e. The monoisotopic (exact) mass is 300 g/mol. The number of nitrogens with two attached hydrogens (primary N) is 1. The lowest BCUT2D eigenvalue weighted by Crippen LogP contribution is -2.43. The first kappa shape index (κ1) is 15.0. The Balaban J connectivity index is 2.08. The van der Waals surface area contributed by atoms with Crippen molar-refractivity contribution in [1.82, 2.24) is 14.7 Å². The quantitative estimate of drug-likeness (QED) is 0.801. The van der Waals surface area contributed by atoms with Crippen molar-refractivity contribution in [3.05, 3.63) is 17.5 Å². The first-order valence-electron chi connectivity index (χ1n) is 6.67. The molecule has 112 valence electrons. The molecule has 8 heteroatoms. The van der Waals surface area contributed by atoms with Crippen molar-refractivity contribution < 1.29 is 13.2 Å². The number of sulfone groups is 1. The average molecular weight is 300 g/mol. The molecule has 1 aliphatic rings. The molecule has 1 saturated heterocycles. The fraction of sp³-hybridized carbons (Fsp3) is 0.667. The van der Waals surface area contributed by atoms with E-state index in [2.05, 4.69) is 5.10 Å². The summed E-state index contributed by atoms with van der Waals surface area (Å²) in [6.45, 7) is 3.62. The molecule has 1 aromatic rings. The first-order chi connectivity index (χ1) is 9.44. The second-order valence-electron chi connectivity index (χ2n) is 4.95. The molecule has 0 atom stereocenters. The molecule has 1 aromatic heterocycles. The Bertz CT molecular complexity index is 580. The third kappa shape index (κ3) is 3.18. The Kier molecular flexibility index (Phi) is 4.44. The van der Waals surface area contributed by atoms with Crippen molar-refractivity contribution in [2.45, 2.75) is 19.9 Å². The first-order valence-corrected chi connectivity index (χ1v) is 8.49. The van der Waals surface area contributed by atoms with E-state index in [1.165, 1.54) is 0 Å². The number of nitrogens with zero attached hydrogens (tertiary/aromatic N) is 3. The second-order valence-corrected chi connectivity index (χ2v) is 7.26. The molecule has 1 amide bonds. The van der Waals surface area contributed by atoms with E-state index in [0.717, 1.165) is 12.1 Å². The summed E-state index contributed by atoms with van der Waals surface area (Å²) in [6, 6.07) is 0. The van der Waals surface area contributed by atoms with Gasteiger partial charge >= 0.3 is 0 Å². The molecule has 1 aliphatic heterocycles. The van der Waals surface area contributed by atoms with Crippen molar-refractivity contribution in [3.8, 4) is 0 Å². The van der Waals surface area contributed by atoms with Crippen LogP contribution in [-0.4, -0.2) is 60.1 Å². The maximum Gasteiger partial charge on any atom is 0.257 e. The molecule has 0 bridgehead atoms. The lowest BCUT2D eigenvalue weighted by atomic mass is 10.2. The standard InChI is InChI=1S/C12H20N4O3S/c1-10-11(9-14-16(10)4-2-3-13)12(17)15-5-7-20(18,19)8-6-15/h9H,2-8,13H2,1H3. The van der Waals surface area contributed by atoms with Gasteiger partial charge in [0.1, 0.15) is 0 Å². The number of amides is 1. The van der Waals surface area contributed by atoms with Gasteiger partial charge in [-0.15, -0.1) is 0 Å². The molecule has 7 nitrogen and oxygen atoms in total. The summed E-state index contributed by atoms with van der Waals surface area (Å²) in [5.41, 5.74) is 6.81. The van der Waals surface area contributed by atoms with Gasteiger partial charge in [-0.1, -0.05) is 0 Å². The van der Waals surface area contributed by atoms with Crippen LogP contribution in [0.2, 0.25) is 0 Å². The number of carbonyl (C=O) groups is 1. The van der Waals surface area contributed by atoms with Crippen LogP contribution in [0, 0.1) is 6.92 Å². The summed E-state index contributed by atoms with van der Waals surface area (Å²) in [6.07, 6.45) is 2.36. The Hall–Kier alpha value is -1.41. The van der Waals surface area contributed by atoms with Crippen molar-refractivity contribution in [2.75, 3.05) is 31.1 Å². The van der Waals surface area contributed by atoms with Gasteiger partial charge < -0.3 is 10.6 Å². The van der Waals surface area contributed by atoms with Gasteiger partial charge in [0.05, 0.1) is 23.3 Å². The van der Waals surface area contributed by atoms with Crippen LogP contribution in [-0.2, 0) is 16.4 Å². The highest BCUT2D eigenvalue weighted by Crippen LogP contribution is 2.13. The number of rotatable bonds is 4. The van der Waals surface area contributed by atoms with Crippen molar-refractivity contribution >= 4 is 15.7 Å². The number of aromatic nitrogens is 2. The van der Waals surface area contributed by atoms with Crippen LogP contribution in [0.15, 0.2) is 6.20 Å². The summed E-state index contributed by atoms with van der Waals surface area (Å²) < 4.78 is 24.5. The molecule has 2 rings (SSSR count). The van der Waals surface area contributed by atoms with Crippen molar-refractivity contribution in [3.63, 3.8) is 0 Å². The largest absolute Gasteiger partial charge is 0.337 e. The minimum atomic E-state index is -2.98. The van der Waals surface area contributed by atoms with Crippen molar-refractivity contribution in [1.29, 1.82) is 0 Å². The summed E-state index contributed by atoms with van der Waals surface area (Å²) in [4.78, 5) is 14.0. The molecule has 0 aromatic carbocycles. The Morgan fingerprint density at radius 1 is 1.40 bits per heavy atom. The Morgan fingerprint density at radius 2 is 2.05 bits per heavy atom.